The maximum absolute atomic E-state index is 12.9. The van der Waals surface area contributed by atoms with Gasteiger partial charge in [0.1, 0.15) is 0 Å². The van der Waals surface area contributed by atoms with Crippen LogP contribution in [0.2, 0.25) is 0 Å². The van der Waals surface area contributed by atoms with Crippen molar-refractivity contribution < 1.29 is 18.0 Å². The van der Waals surface area contributed by atoms with Crippen LogP contribution in [0, 0.1) is 0 Å². The summed E-state index contributed by atoms with van der Waals surface area (Å²) >= 11 is 1.42. The van der Waals surface area contributed by atoms with Gasteiger partial charge in [-0.3, -0.25) is 9.89 Å². The monoisotopic (exact) mass is 364 g/mol. The van der Waals surface area contributed by atoms with Gasteiger partial charge in [-0.1, -0.05) is 24.3 Å². The third-order valence-corrected chi connectivity index (χ3v) is 4.17. The summed E-state index contributed by atoms with van der Waals surface area (Å²) < 4.78 is 38.7. The van der Waals surface area contributed by atoms with Crippen molar-refractivity contribution in [1.82, 2.24) is 15.6 Å². The summed E-state index contributed by atoms with van der Waals surface area (Å²) in [7, 11) is 0. The van der Waals surface area contributed by atoms with E-state index < -0.39 is 17.6 Å². The normalized spacial score (nSPS) is 11.8. The topological polar surface area (TPSA) is 70.1 Å². The lowest BCUT2D eigenvalue weighted by atomic mass is 10.1. The minimum Gasteiger partial charge on any atom is -0.276 e. The molecule has 0 saturated heterocycles. The third kappa shape index (κ3) is 3.77. The standard InChI is InChI=1S/C16H11F3N4OS/c17-16(18,19)12-5-2-1-4-10(12)8-20-23-15(24)11-9-21-22-14(11)13-6-3-7-25-13/h1-9H,(H,21,22)(H,23,24)/b20-8-. The summed E-state index contributed by atoms with van der Waals surface area (Å²) in [6.45, 7) is 0. The van der Waals surface area contributed by atoms with E-state index in [-0.39, 0.29) is 11.1 Å². The molecule has 0 aliphatic heterocycles. The van der Waals surface area contributed by atoms with E-state index in [0.29, 0.717) is 5.69 Å². The van der Waals surface area contributed by atoms with Gasteiger partial charge in [0.05, 0.1) is 34.1 Å². The molecule has 0 unspecified atom stereocenters. The minimum absolute atomic E-state index is 0.138. The zero-order chi connectivity index (χ0) is 17.9. The summed E-state index contributed by atoms with van der Waals surface area (Å²) in [4.78, 5) is 13.0. The van der Waals surface area contributed by atoms with Crippen molar-refractivity contribution in [1.29, 1.82) is 0 Å². The van der Waals surface area contributed by atoms with Crippen LogP contribution in [0.1, 0.15) is 21.5 Å². The van der Waals surface area contributed by atoms with E-state index in [9.17, 15) is 18.0 Å². The highest BCUT2D eigenvalue weighted by molar-refractivity contribution is 7.13. The van der Waals surface area contributed by atoms with Crippen LogP contribution < -0.4 is 5.43 Å². The van der Waals surface area contributed by atoms with Gasteiger partial charge in [-0.05, 0) is 17.5 Å². The summed E-state index contributed by atoms with van der Waals surface area (Å²) in [5.74, 6) is -0.571. The Labute approximate surface area is 144 Å². The zero-order valence-electron chi connectivity index (χ0n) is 12.5. The number of hydrogen-bond donors (Lipinski definition) is 2. The number of carbonyl (C=O) groups is 1. The summed E-state index contributed by atoms with van der Waals surface area (Å²) in [6, 6.07) is 8.62. The van der Waals surface area contributed by atoms with Gasteiger partial charge >= 0.3 is 6.18 Å². The van der Waals surface area contributed by atoms with Crippen molar-refractivity contribution >= 4 is 23.5 Å². The van der Waals surface area contributed by atoms with Crippen molar-refractivity contribution in [2.75, 3.05) is 0 Å². The van der Waals surface area contributed by atoms with Gasteiger partial charge < -0.3 is 0 Å². The fourth-order valence-electron chi connectivity index (χ4n) is 2.16. The zero-order valence-corrected chi connectivity index (χ0v) is 13.4. The number of alkyl halides is 3. The second-order valence-electron chi connectivity index (χ2n) is 4.92. The van der Waals surface area contributed by atoms with Gasteiger partial charge in [-0.15, -0.1) is 11.3 Å². The largest absolute Gasteiger partial charge is 0.417 e. The molecule has 3 rings (SSSR count). The van der Waals surface area contributed by atoms with Gasteiger partial charge in [-0.2, -0.15) is 23.4 Å². The molecule has 1 amide bonds. The fourth-order valence-corrected chi connectivity index (χ4v) is 2.89. The van der Waals surface area contributed by atoms with Crippen LogP contribution in [0.3, 0.4) is 0 Å². The number of hydrazone groups is 1. The van der Waals surface area contributed by atoms with E-state index in [4.69, 9.17) is 0 Å². The van der Waals surface area contributed by atoms with Crippen LogP contribution in [-0.4, -0.2) is 22.3 Å². The Kier molecular flexibility index (Phi) is 4.66. The molecule has 0 atom stereocenters. The molecule has 0 aliphatic carbocycles. The first-order valence-electron chi connectivity index (χ1n) is 7.03. The van der Waals surface area contributed by atoms with Crippen LogP contribution in [0.5, 0.6) is 0 Å². The number of aromatic nitrogens is 2. The number of amides is 1. The Morgan fingerprint density at radius 1 is 1.24 bits per heavy atom. The molecule has 0 radical (unpaired) electrons. The molecule has 1 aromatic carbocycles. The lowest BCUT2D eigenvalue weighted by Crippen LogP contribution is -2.18. The minimum atomic E-state index is -4.50. The smallest absolute Gasteiger partial charge is 0.276 e. The Morgan fingerprint density at radius 3 is 2.76 bits per heavy atom. The average Bonchev–Trinajstić information content (AvgIpc) is 3.25. The number of aromatic amines is 1. The molecule has 5 nitrogen and oxygen atoms in total. The SMILES string of the molecule is O=C(N/N=C\c1ccccc1C(F)(F)F)c1cn[nH]c1-c1cccs1. The van der Waals surface area contributed by atoms with Crippen molar-refractivity contribution in [3.05, 3.63) is 64.7 Å². The molecule has 2 heterocycles. The summed E-state index contributed by atoms with van der Waals surface area (Å²) in [6.07, 6.45) is -2.20. The number of H-pyrrole nitrogens is 1. The highest BCUT2D eigenvalue weighted by Gasteiger charge is 2.32. The molecule has 0 aliphatic rings. The first kappa shape index (κ1) is 16.9. The van der Waals surface area contributed by atoms with Crippen LogP contribution in [-0.2, 0) is 6.18 Å². The Morgan fingerprint density at radius 2 is 2.04 bits per heavy atom. The fraction of sp³-hybridized carbons (Fsp3) is 0.0625. The number of nitrogens with one attached hydrogen (secondary N) is 2. The highest BCUT2D eigenvalue weighted by atomic mass is 32.1. The Balaban J connectivity index is 1.76. The van der Waals surface area contributed by atoms with Crippen molar-refractivity contribution in [2.24, 2.45) is 5.10 Å². The first-order chi connectivity index (χ1) is 12.0. The Hall–Kier alpha value is -2.94. The molecule has 25 heavy (non-hydrogen) atoms. The van der Waals surface area contributed by atoms with E-state index in [2.05, 4.69) is 20.7 Å². The molecule has 0 spiro atoms. The summed E-state index contributed by atoms with van der Waals surface area (Å²) in [5, 5.41) is 12.0. The van der Waals surface area contributed by atoms with Gasteiger partial charge in [0.15, 0.2) is 0 Å². The number of halogens is 3. The molecular formula is C16H11F3N4OS. The third-order valence-electron chi connectivity index (χ3n) is 3.29. The lowest BCUT2D eigenvalue weighted by Gasteiger charge is -2.09. The van der Waals surface area contributed by atoms with Crippen molar-refractivity contribution in [2.45, 2.75) is 6.18 Å². The summed E-state index contributed by atoms with van der Waals surface area (Å²) in [5.41, 5.74) is 2.04. The van der Waals surface area contributed by atoms with E-state index in [1.54, 1.807) is 0 Å². The molecule has 0 saturated carbocycles. The molecule has 2 N–H and O–H groups in total. The molecule has 0 fully saturated rings. The van der Waals surface area contributed by atoms with Crippen LogP contribution in [0.4, 0.5) is 13.2 Å². The molecule has 3 aromatic rings. The number of nitrogens with zero attached hydrogens (tertiary/aromatic N) is 2. The maximum atomic E-state index is 12.9. The van der Waals surface area contributed by atoms with Gasteiger partial charge in [0, 0.05) is 5.56 Å². The number of benzene rings is 1. The number of thiophene rings is 1. The predicted molar refractivity (Wildman–Crippen MR) is 88.4 cm³/mol. The van der Waals surface area contributed by atoms with Gasteiger partial charge in [0.25, 0.3) is 5.91 Å². The highest BCUT2D eigenvalue weighted by Crippen LogP contribution is 2.31. The van der Waals surface area contributed by atoms with E-state index in [1.807, 2.05) is 17.5 Å². The molecule has 0 bridgehead atoms. The molecular weight excluding hydrogens is 353 g/mol. The van der Waals surface area contributed by atoms with E-state index in [1.165, 1.54) is 35.7 Å². The Bertz CT molecular complexity index is 900. The van der Waals surface area contributed by atoms with Crippen LogP contribution in [0.15, 0.2) is 53.1 Å². The van der Waals surface area contributed by atoms with E-state index >= 15 is 0 Å². The lowest BCUT2D eigenvalue weighted by molar-refractivity contribution is -0.137. The molecule has 128 valence electrons. The number of rotatable bonds is 4. The van der Waals surface area contributed by atoms with Crippen LogP contribution in [0.25, 0.3) is 10.6 Å². The second-order valence-corrected chi connectivity index (χ2v) is 5.87. The maximum Gasteiger partial charge on any atom is 0.417 e. The van der Waals surface area contributed by atoms with Crippen LogP contribution >= 0.6 is 11.3 Å². The molecule has 9 heteroatoms. The first-order valence-corrected chi connectivity index (χ1v) is 7.91. The van der Waals surface area contributed by atoms with Gasteiger partial charge in [0.2, 0.25) is 0 Å². The van der Waals surface area contributed by atoms with Crippen molar-refractivity contribution in [3.63, 3.8) is 0 Å². The second kappa shape index (κ2) is 6.89. The average molecular weight is 364 g/mol. The van der Waals surface area contributed by atoms with Crippen molar-refractivity contribution in [3.8, 4) is 10.6 Å². The number of carbonyl (C=O) groups excluding carboxylic acids is 1. The quantitative estimate of drug-likeness (QED) is 0.544. The number of hydrogen-bond acceptors (Lipinski definition) is 4. The van der Waals surface area contributed by atoms with E-state index in [0.717, 1.165) is 17.2 Å². The molecule has 2 aromatic heterocycles. The predicted octanol–water partition coefficient (Wildman–Crippen LogP) is 3.92. The van der Waals surface area contributed by atoms with Gasteiger partial charge in [-0.25, -0.2) is 5.43 Å².